The first-order valence-corrected chi connectivity index (χ1v) is 9.78. The highest BCUT2D eigenvalue weighted by Gasteiger charge is 2.13. The monoisotopic (exact) mass is 392 g/mol. The van der Waals surface area contributed by atoms with Gasteiger partial charge in [0.1, 0.15) is 23.5 Å². The van der Waals surface area contributed by atoms with Gasteiger partial charge in [0.25, 0.3) is 0 Å². The molecule has 2 aromatic carbocycles. The van der Waals surface area contributed by atoms with Gasteiger partial charge in [-0.25, -0.2) is 9.07 Å². The largest absolute Gasteiger partial charge is 0.497 e. The summed E-state index contributed by atoms with van der Waals surface area (Å²) in [6.45, 7) is 0. The fourth-order valence-electron chi connectivity index (χ4n) is 3.28. The van der Waals surface area contributed by atoms with Crippen LogP contribution in [0.3, 0.4) is 0 Å². The molecule has 29 heavy (non-hydrogen) atoms. The number of ether oxygens (including phenoxy) is 1. The lowest BCUT2D eigenvalue weighted by molar-refractivity contribution is 0.414. The van der Waals surface area contributed by atoms with Crippen LogP contribution >= 0.6 is 0 Å². The summed E-state index contributed by atoms with van der Waals surface area (Å²) in [4.78, 5) is 0. The van der Waals surface area contributed by atoms with Crippen molar-refractivity contribution in [1.29, 1.82) is 5.26 Å². The van der Waals surface area contributed by atoms with Gasteiger partial charge < -0.3 is 10.1 Å². The second kappa shape index (κ2) is 9.74. The average Bonchev–Trinajstić information content (AvgIpc) is 3.47. The molecule has 0 amide bonds. The van der Waals surface area contributed by atoms with Crippen LogP contribution in [0, 0.1) is 17.1 Å². The zero-order chi connectivity index (χ0) is 20.6. The van der Waals surface area contributed by atoms with E-state index in [2.05, 4.69) is 10.4 Å². The third-order valence-electron chi connectivity index (χ3n) is 4.92. The third-order valence-corrected chi connectivity index (χ3v) is 4.92. The number of nitriles is 1. The van der Waals surface area contributed by atoms with E-state index in [1.54, 1.807) is 24.9 Å². The molecule has 5 nitrogen and oxygen atoms in total. The summed E-state index contributed by atoms with van der Waals surface area (Å²) in [5, 5.41) is 16.3. The molecule has 0 aliphatic heterocycles. The van der Waals surface area contributed by atoms with Gasteiger partial charge in [0.15, 0.2) is 0 Å². The summed E-state index contributed by atoms with van der Waals surface area (Å²) in [6.07, 6.45) is 7.50. The summed E-state index contributed by atoms with van der Waals surface area (Å²) in [7, 11) is 3.37. The van der Waals surface area contributed by atoms with Crippen molar-refractivity contribution < 1.29 is 9.13 Å². The molecule has 0 spiro atoms. The molecular formula is C23H25FN4O. The van der Waals surface area contributed by atoms with Gasteiger partial charge in [-0.15, -0.1) is 5.10 Å². The molecule has 1 fully saturated rings. The zero-order valence-electron chi connectivity index (χ0n) is 16.8. The van der Waals surface area contributed by atoms with E-state index in [4.69, 9.17) is 10.00 Å². The minimum atomic E-state index is -0.552. The molecule has 1 aliphatic rings. The number of rotatable bonds is 4. The Morgan fingerprint density at radius 1 is 1.03 bits per heavy atom. The summed E-state index contributed by atoms with van der Waals surface area (Å²) in [5.41, 5.74) is 2.18. The van der Waals surface area contributed by atoms with E-state index in [9.17, 15) is 4.39 Å². The first-order chi connectivity index (χ1) is 14.2. The molecule has 150 valence electrons. The maximum Gasteiger partial charge on any atom is 0.148 e. The number of nitrogens with one attached hydrogen (secondary N) is 1. The van der Waals surface area contributed by atoms with Crippen molar-refractivity contribution in [2.24, 2.45) is 0 Å². The van der Waals surface area contributed by atoms with Crippen molar-refractivity contribution in [1.82, 2.24) is 9.78 Å². The average molecular weight is 392 g/mol. The van der Waals surface area contributed by atoms with Crippen LogP contribution in [0.15, 0.2) is 48.5 Å². The Hall–Kier alpha value is -3.33. The molecule has 1 heterocycles. The fraction of sp³-hybridized carbons (Fsp3) is 0.304. The summed E-state index contributed by atoms with van der Waals surface area (Å²) in [6, 6.07) is 15.6. The van der Waals surface area contributed by atoms with Crippen molar-refractivity contribution in [2.75, 3.05) is 19.5 Å². The predicted octanol–water partition coefficient (Wildman–Crippen LogP) is 5.55. The number of benzene rings is 2. The minimum absolute atomic E-state index is 0.0168. The molecule has 0 unspecified atom stereocenters. The number of hydrogen-bond acceptors (Lipinski definition) is 4. The summed E-state index contributed by atoms with van der Waals surface area (Å²) >= 11 is 0. The summed E-state index contributed by atoms with van der Waals surface area (Å²) in [5.74, 6) is 0.847. The molecule has 4 rings (SSSR count). The Labute approximate surface area is 170 Å². The van der Waals surface area contributed by atoms with Crippen molar-refractivity contribution in [3.05, 3.63) is 59.9 Å². The molecular weight excluding hydrogens is 367 g/mol. The van der Waals surface area contributed by atoms with Gasteiger partial charge in [-0.1, -0.05) is 38.2 Å². The quantitative estimate of drug-likeness (QED) is 0.632. The van der Waals surface area contributed by atoms with Crippen LogP contribution in [0.25, 0.3) is 16.9 Å². The topological polar surface area (TPSA) is 62.9 Å². The Balaban J connectivity index is 0.000000419. The SMILES string of the molecule is C1CCCC1.CNc1cc(-c2ccc(C#N)c(F)c2)n(-c2ccc(OC)cc2)n1. The van der Waals surface area contributed by atoms with Gasteiger partial charge in [-0.05, 0) is 36.4 Å². The molecule has 1 aliphatic carbocycles. The fourth-order valence-corrected chi connectivity index (χ4v) is 3.28. The number of halogens is 1. The molecule has 1 aromatic heterocycles. The lowest BCUT2D eigenvalue weighted by Crippen LogP contribution is -2.00. The molecule has 3 aromatic rings. The van der Waals surface area contributed by atoms with E-state index in [1.807, 2.05) is 36.4 Å². The molecule has 1 N–H and O–H groups in total. The second-order valence-corrected chi connectivity index (χ2v) is 6.85. The molecule has 6 heteroatoms. The van der Waals surface area contributed by atoms with Crippen molar-refractivity contribution in [2.45, 2.75) is 32.1 Å². The van der Waals surface area contributed by atoms with Crippen LogP contribution in [0.5, 0.6) is 5.75 Å². The van der Waals surface area contributed by atoms with Crippen LogP contribution in [-0.2, 0) is 0 Å². The highest BCUT2D eigenvalue weighted by Crippen LogP contribution is 2.28. The standard InChI is InChI=1S/C18H15FN4O.C5H10/c1-21-18-10-17(12-3-4-13(11-20)16(19)9-12)23(22-18)14-5-7-15(24-2)8-6-14;1-2-4-5-3-1/h3-10H,1-2H3,(H,21,22);1-5H2. The van der Waals surface area contributed by atoms with Crippen molar-refractivity contribution in [3.63, 3.8) is 0 Å². The highest BCUT2D eigenvalue weighted by atomic mass is 19.1. The van der Waals surface area contributed by atoms with E-state index < -0.39 is 5.82 Å². The smallest absolute Gasteiger partial charge is 0.148 e. The first-order valence-electron chi connectivity index (χ1n) is 9.78. The lowest BCUT2D eigenvalue weighted by atomic mass is 10.1. The Kier molecular flexibility index (Phi) is 6.85. The van der Waals surface area contributed by atoms with Crippen LogP contribution in [0.2, 0.25) is 0 Å². The number of methoxy groups -OCH3 is 1. The van der Waals surface area contributed by atoms with E-state index >= 15 is 0 Å². The Morgan fingerprint density at radius 2 is 1.69 bits per heavy atom. The van der Waals surface area contributed by atoms with E-state index in [1.165, 1.54) is 44.2 Å². The highest BCUT2D eigenvalue weighted by molar-refractivity contribution is 5.67. The summed E-state index contributed by atoms with van der Waals surface area (Å²) < 4.78 is 20.9. The Bertz CT molecular complexity index is 977. The number of aromatic nitrogens is 2. The van der Waals surface area contributed by atoms with E-state index in [0.29, 0.717) is 17.1 Å². The lowest BCUT2D eigenvalue weighted by Gasteiger charge is -2.09. The van der Waals surface area contributed by atoms with Gasteiger partial charge in [0, 0.05) is 18.7 Å². The molecule has 0 bridgehead atoms. The maximum absolute atomic E-state index is 14.0. The molecule has 0 radical (unpaired) electrons. The first kappa shape index (κ1) is 20.4. The van der Waals surface area contributed by atoms with E-state index in [0.717, 1.165) is 11.4 Å². The molecule has 0 saturated heterocycles. The Morgan fingerprint density at radius 3 is 2.21 bits per heavy atom. The predicted molar refractivity (Wildman–Crippen MR) is 113 cm³/mol. The van der Waals surface area contributed by atoms with Gasteiger partial charge in [-0.2, -0.15) is 5.26 Å². The molecule has 0 atom stereocenters. The molecule has 1 saturated carbocycles. The van der Waals surface area contributed by atoms with Crippen LogP contribution in [0.1, 0.15) is 37.7 Å². The zero-order valence-corrected chi connectivity index (χ0v) is 16.8. The second-order valence-electron chi connectivity index (χ2n) is 6.85. The van der Waals surface area contributed by atoms with Crippen LogP contribution < -0.4 is 10.1 Å². The van der Waals surface area contributed by atoms with Gasteiger partial charge >= 0.3 is 0 Å². The number of anilines is 1. The van der Waals surface area contributed by atoms with E-state index in [-0.39, 0.29) is 5.56 Å². The van der Waals surface area contributed by atoms with Crippen LogP contribution in [0.4, 0.5) is 10.2 Å². The normalized spacial score (nSPS) is 12.6. The minimum Gasteiger partial charge on any atom is -0.497 e. The van der Waals surface area contributed by atoms with Crippen molar-refractivity contribution in [3.8, 4) is 28.8 Å². The van der Waals surface area contributed by atoms with Gasteiger partial charge in [0.2, 0.25) is 0 Å². The maximum atomic E-state index is 14.0. The van der Waals surface area contributed by atoms with Gasteiger partial charge in [0.05, 0.1) is 24.1 Å². The van der Waals surface area contributed by atoms with Gasteiger partial charge in [-0.3, -0.25) is 0 Å². The number of nitrogens with zero attached hydrogens (tertiary/aromatic N) is 3. The number of hydrogen-bond donors (Lipinski definition) is 1. The van der Waals surface area contributed by atoms with Crippen LogP contribution in [-0.4, -0.2) is 23.9 Å². The third kappa shape index (κ3) is 4.94. The van der Waals surface area contributed by atoms with Crippen molar-refractivity contribution >= 4 is 5.82 Å².